The Kier molecular flexibility index (Phi) is 4.53. The van der Waals surface area contributed by atoms with Crippen LogP contribution < -0.4 is 4.90 Å². The van der Waals surface area contributed by atoms with Crippen molar-refractivity contribution in [2.75, 3.05) is 24.6 Å². The lowest BCUT2D eigenvalue weighted by Gasteiger charge is -2.45. The van der Waals surface area contributed by atoms with Crippen molar-refractivity contribution in [2.24, 2.45) is 5.41 Å². The minimum absolute atomic E-state index is 0.0688. The van der Waals surface area contributed by atoms with Crippen LogP contribution in [0.15, 0.2) is 12.4 Å². The molecule has 0 saturated carbocycles. The van der Waals surface area contributed by atoms with Crippen LogP contribution in [0.5, 0.6) is 0 Å². The van der Waals surface area contributed by atoms with Crippen molar-refractivity contribution in [3.8, 4) is 6.07 Å². The first-order chi connectivity index (χ1) is 9.66. The molecule has 0 bridgehead atoms. The summed E-state index contributed by atoms with van der Waals surface area (Å²) in [6.07, 6.45) is 4.71. The van der Waals surface area contributed by atoms with E-state index in [0.29, 0.717) is 25.3 Å². The summed E-state index contributed by atoms with van der Waals surface area (Å²) in [7, 11) is 0. The van der Waals surface area contributed by atoms with Gasteiger partial charge in [-0.3, -0.25) is 0 Å². The minimum atomic E-state index is -0.544. The Morgan fingerprint density at radius 3 is 2.90 bits per heavy atom. The Hall–Kier alpha value is -1.71. The topological polar surface area (TPSA) is 93.3 Å². The van der Waals surface area contributed by atoms with Gasteiger partial charge in [-0.15, -0.1) is 0 Å². The van der Waals surface area contributed by atoms with E-state index >= 15 is 0 Å². The number of nitriles is 1. The molecule has 2 rings (SSSR count). The zero-order valence-electron chi connectivity index (χ0n) is 11.7. The maximum Gasteiger partial charge on any atom is 0.183 e. The molecule has 0 aliphatic carbocycles. The van der Waals surface area contributed by atoms with E-state index in [1.807, 2.05) is 17.9 Å². The fourth-order valence-electron chi connectivity index (χ4n) is 2.95. The summed E-state index contributed by atoms with van der Waals surface area (Å²) in [5.41, 5.74) is -0.260. The van der Waals surface area contributed by atoms with E-state index in [9.17, 15) is 10.2 Å². The SMILES string of the molecule is CCC[C@@]1(CO)CN(c2nccnc2C#N)CC[C@@H]1O. The quantitative estimate of drug-likeness (QED) is 0.840. The molecule has 0 aromatic carbocycles. The molecule has 0 spiro atoms. The van der Waals surface area contributed by atoms with Gasteiger partial charge >= 0.3 is 0 Å². The van der Waals surface area contributed by atoms with Crippen molar-refractivity contribution < 1.29 is 10.2 Å². The third-order valence-electron chi connectivity index (χ3n) is 4.03. The Labute approximate surface area is 118 Å². The summed E-state index contributed by atoms with van der Waals surface area (Å²) in [4.78, 5) is 10.2. The van der Waals surface area contributed by atoms with E-state index in [1.165, 1.54) is 6.20 Å². The van der Waals surface area contributed by atoms with E-state index in [-0.39, 0.29) is 12.3 Å². The number of aromatic nitrogens is 2. The van der Waals surface area contributed by atoms with Gasteiger partial charge in [-0.25, -0.2) is 9.97 Å². The summed E-state index contributed by atoms with van der Waals surface area (Å²) in [6.45, 7) is 3.07. The highest BCUT2D eigenvalue weighted by molar-refractivity contribution is 5.50. The Morgan fingerprint density at radius 1 is 1.50 bits per heavy atom. The van der Waals surface area contributed by atoms with Gasteiger partial charge in [0.05, 0.1) is 12.7 Å². The highest BCUT2D eigenvalue weighted by Gasteiger charge is 2.42. The molecule has 1 aliphatic rings. The average molecular weight is 276 g/mol. The van der Waals surface area contributed by atoms with Crippen LogP contribution in [0.1, 0.15) is 31.9 Å². The number of nitrogens with zero attached hydrogens (tertiary/aromatic N) is 4. The average Bonchev–Trinajstić information content (AvgIpc) is 2.49. The third kappa shape index (κ3) is 2.60. The molecule has 1 fully saturated rings. The van der Waals surface area contributed by atoms with Gasteiger partial charge in [0.25, 0.3) is 0 Å². The number of hydrogen-bond donors (Lipinski definition) is 2. The molecule has 2 N–H and O–H groups in total. The maximum absolute atomic E-state index is 10.3. The van der Waals surface area contributed by atoms with Gasteiger partial charge in [-0.05, 0) is 12.8 Å². The van der Waals surface area contributed by atoms with Gasteiger partial charge in [-0.2, -0.15) is 5.26 Å². The molecule has 1 aromatic rings. The highest BCUT2D eigenvalue weighted by Crippen LogP contribution is 2.36. The fraction of sp³-hybridized carbons (Fsp3) is 0.643. The molecule has 6 heteroatoms. The summed E-state index contributed by atoms with van der Waals surface area (Å²) in [5, 5.41) is 29.1. The van der Waals surface area contributed by atoms with Gasteiger partial charge in [-0.1, -0.05) is 13.3 Å². The molecule has 1 saturated heterocycles. The molecule has 0 radical (unpaired) electrons. The van der Waals surface area contributed by atoms with Gasteiger partial charge in [0, 0.05) is 30.9 Å². The maximum atomic E-state index is 10.3. The van der Waals surface area contributed by atoms with E-state index in [0.717, 1.165) is 12.8 Å². The minimum Gasteiger partial charge on any atom is -0.396 e. The smallest absolute Gasteiger partial charge is 0.183 e. The highest BCUT2D eigenvalue weighted by atomic mass is 16.3. The van der Waals surface area contributed by atoms with Crippen LogP contribution in [-0.4, -0.2) is 46.0 Å². The number of anilines is 1. The second-order valence-corrected chi connectivity index (χ2v) is 5.34. The largest absolute Gasteiger partial charge is 0.396 e. The molecule has 1 aliphatic heterocycles. The Morgan fingerprint density at radius 2 is 2.25 bits per heavy atom. The zero-order chi connectivity index (χ0) is 14.6. The predicted molar refractivity (Wildman–Crippen MR) is 74.0 cm³/mol. The van der Waals surface area contributed by atoms with Crippen molar-refractivity contribution in [3.05, 3.63) is 18.1 Å². The van der Waals surface area contributed by atoms with Crippen LogP contribution in [0.3, 0.4) is 0 Å². The van der Waals surface area contributed by atoms with E-state index in [4.69, 9.17) is 5.26 Å². The molecule has 6 nitrogen and oxygen atoms in total. The van der Waals surface area contributed by atoms with Crippen molar-refractivity contribution in [1.82, 2.24) is 9.97 Å². The summed E-state index contributed by atoms with van der Waals surface area (Å²) >= 11 is 0. The molecule has 1 aromatic heterocycles. The fourth-order valence-corrected chi connectivity index (χ4v) is 2.95. The number of aliphatic hydroxyl groups is 2. The summed E-state index contributed by atoms with van der Waals surface area (Å²) in [6, 6.07) is 2.04. The lowest BCUT2D eigenvalue weighted by Crippen LogP contribution is -2.54. The van der Waals surface area contributed by atoms with Crippen LogP contribution in [0.4, 0.5) is 5.82 Å². The van der Waals surface area contributed by atoms with Crippen molar-refractivity contribution >= 4 is 5.82 Å². The molecule has 0 amide bonds. The molecular weight excluding hydrogens is 256 g/mol. The van der Waals surface area contributed by atoms with Gasteiger partial charge in [0.15, 0.2) is 11.5 Å². The monoisotopic (exact) mass is 276 g/mol. The first-order valence-corrected chi connectivity index (χ1v) is 6.92. The second kappa shape index (κ2) is 6.16. The number of rotatable bonds is 4. The van der Waals surface area contributed by atoms with Gasteiger partial charge < -0.3 is 15.1 Å². The zero-order valence-corrected chi connectivity index (χ0v) is 11.7. The molecular formula is C14H20N4O2. The Bertz CT molecular complexity index is 502. The lowest BCUT2D eigenvalue weighted by molar-refractivity contribution is -0.0353. The van der Waals surface area contributed by atoms with Crippen molar-refractivity contribution in [1.29, 1.82) is 5.26 Å². The Balaban J connectivity index is 2.29. The van der Waals surface area contributed by atoms with Crippen LogP contribution >= 0.6 is 0 Å². The summed E-state index contributed by atoms with van der Waals surface area (Å²) in [5.74, 6) is 0.538. The third-order valence-corrected chi connectivity index (χ3v) is 4.03. The van der Waals surface area contributed by atoms with Gasteiger partial charge in [0.1, 0.15) is 6.07 Å². The molecule has 2 heterocycles. The predicted octanol–water partition coefficient (Wildman–Crippen LogP) is 0.698. The van der Waals surface area contributed by atoms with Gasteiger partial charge in [0.2, 0.25) is 0 Å². The second-order valence-electron chi connectivity index (χ2n) is 5.34. The van der Waals surface area contributed by atoms with Crippen LogP contribution in [0.2, 0.25) is 0 Å². The number of aliphatic hydroxyl groups excluding tert-OH is 2. The van der Waals surface area contributed by atoms with E-state index in [2.05, 4.69) is 9.97 Å². The molecule has 20 heavy (non-hydrogen) atoms. The number of hydrogen-bond acceptors (Lipinski definition) is 6. The molecule has 0 unspecified atom stereocenters. The standard InChI is InChI=1S/C14H20N4O2/c1-2-4-14(10-19)9-18(7-3-12(14)20)13-11(8-15)16-5-6-17-13/h5-6,12,19-20H,2-4,7,9-10H2,1H3/t12-,14-/m0/s1. The molecule has 108 valence electrons. The number of piperidine rings is 1. The van der Waals surface area contributed by atoms with Crippen LogP contribution in [0.25, 0.3) is 0 Å². The van der Waals surface area contributed by atoms with Crippen LogP contribution in [-0.2, 0) is 0 Å². The van der Waals surface area contributed by atoms with Crippen molar-refractivity contribution in [2.45, 2.75) is 32.3 Å². The van der Waals surface area contributed by atoms with E-state index in [1.54, 1.807) is 6.20 Å². The lowest BCUT2D eigenvalue weighted by atomic mass is 9.74. The molecule has 2 atom stereocenters. The first kappa shape index (κ1) is 14.7. The van der Waals surface area contributed by atoms with Crippen LogP contribution in [0, 0.1) is 16.7 Å². The summed E-state index contributed by atoms with van der Waals surface area (Å²) < 4.78 is 0. The van der Waals surface area contributed by atoms with Crippen molar-refractivity contribution in [3.63, 3.8) is 0 Å². The van der Waals surface area contributed by atoms with E-state index < -0.39 is 11.5 Å². The first-order valence-electron chi connectivity index (χ1n) is 6.92. The normalized spacial score (nSPS) is 26.3.